The number of halogens is 1. The molecule has 2 N–H and O–H groups in total. The second kappa shape index (κ2) is 9.54. The third kappa shape index (κ3) is 4.17. The zero-order valence-electron chi connectivity index (χ0n) is 21.1. The van der Waals surface area contributed by atoms with Gasteiger partial charge in [0.1, 0.15) is 12.4 Å². The van der Waals surface area contributed by atoms with E-state index >= 15 is 0 Å². The average Bonchev–Trinajstić information content (AvgIpc) is 3.34. The van der Waals surface area contributed by atoms with Crippen LogP contribution in [0.2, 0.25) is 5.02 Å². The molecular weight excluding hydrogens is 498 g/mol. The highest BCUT2D eigenvalue weighted by Crippen LogP contribution is 2.44. The maximum atomic E-state index is 11.9. The Balaban J connectivity index is 1.56. The van der Waals surface area contributed by atoms with Crippen molar-refractivity contribution in [2.45, 2.75) is 20.3 Å². The number of nitrogens with zero attached hydrogens (tertiary/aromatic N) is 2. The second-order valence-electron chi connectivity index (χ2n) is 9.57. The van der Waals surface area contributed by atoms with Crippen molar-refractivity contribution >= 4 is 28.8 Å². The maximum absolute atomic E-state index is 11.9. The molecule has 0 saturated heterocycles. The third-order valence-corrected chi connectivity index (χ3v) is 7.46. The molecule has 0 unspecified atom stereocenters. The van der Waals surface area contributed by atoms with E-state index in [4.69, 9.17) is 21.4 Å². The van der Waals surface area contributed by atoms with Crippen molar-refractivity contribution in [3.8, 4) is 39.3 Å². The van der Waals surface area contributed by atoms with Crippen LogP contribution in [0.3, 0.4) is 0 Å². The Bertz CT molecular complexity index is 1720. The number of hydrogen-bond acceptors (Lipinski definition) is 4. The summed E-state index contributed by atoms with van der Waals surface area (Å²) >= 11 is 6.93. The number of aromatic nitrogens is 2. The fraction of sp³-hybridized carbons (Fsp3) is 0.161. The van der Waals surface area contributed by atoms with Gasteiger partial charge in [0, 0.05) is 29.4 Å². The summed E-state index contributed by atoms with van der Waals surface area (Å²) < 4.78 is 7.59. The zero-order chi connectivity index (χ0) is 26.4. The van der Waals surface area contributed by atoms with Gasteiger partial charge in [-0.15, -0.1) is 0 Å². The van der Waals surface area contributed by atoms with Crippen LogP contribution >= 0.6 is 11.6 Å². The molecule has 3 aromatic carbocycles. The molecule has 5 aromatic rings. The van der Waals surface area contributed by atoms with Crippen molar-refractivity contribution in [2.24, 2.45) is 0 Å². The van der Waals surface area contributed by atoms with Gasteiger partial charge in [-0.2, -0.15) is 5.10 Å². The van der Waals surface area contributed by atoms with Crippen molar-refractivity contribution in [2.75, 3.05) is 18.5 Å². The standard InChI is InChI=1S/C31H26ClN3O3/c1-18-6-3-4-9-22(18)20-7-5-8-21(14-20)25-16-26-29(24(15-28(36)37)19(2)17-35(26)34-25)23-10-11-27-31(30(23)32)33-12-13-38-27/h3-11,14,16-17,33H,12-13,15H2,1-2H3,(H,36,37). The summed E-state index contributed by atoms with van der Waals surface area (Å²) in [5.74, 6) is -0.212. The molecule has 6 nitrogen and oxygen atoms in total. The quantitative estimate of drug-likeness (QED) is 0.258. The van der Waals surface area contributed by atoms with Gasteiger partial charge in [-0.3, -0.25) is 4.79 Å². The van der Waals surface area contributed by atoms with E-state index in [-0.39, 0.29) is 6.42 Å². The van der Waals surface area contributed by atoms with Crippen molar-refractivity contribution in [1.82, 2.24) is 9.61 Å². The molecule has 7 heteroatoms. The highest BCUT2D eigenvalue weighted by atomic mass is 35.5. The summed E-state index contributed by atoms with van der Waals surface area (Å²) in [5.41, 5.74) is 9.83. The molecule has 3 heterocycles. The molecule has 0 amide bonds. The summed E-state index contributed by atoms with van der Waals surface area (Å²) in [6.07, 6.45) is 1.76. The number of carboxylic acid groups (broad SMARTS) is 1. The fourth-order valence-corrected chi connectivity index (χ4v) is 5.55. The summed E-state index contributed by atoms with van der Waals surface area (Å²) in [6, 6.07) is 22.4. The van der Waals surface area contributed by atoms with Crippen molar-refractivity contribution < 1.29 is 14.6 Å². The molecule has 0 aliphatic carbocycles. The van der Waals surface area contributed by atoms with Crippen LogP contribution in [0, 0.1) is 13.8 Å². The minimum Gasteiger partial charge on any atom is -0.490 e. The number of hydrogen-bond donors (Lipinski definition) is 2. The summed E-state index contributed by atoms with van der Waals surface area (Å²) in [5, 5.41) is 18.5. The highest BCUT2D eigenvalue weighted by Gasteiger charge is 2.24. The molecule has 1 aliphatic rings. The first-order chi connectivity index (χ1) is 18.4. The van der Waals surface area contributed by atoms with Crippen molar-refractivity contribution in [3.05, 3.63) is 94.6 Å². The Morgan fingerprint density at radius 1 is 1.03 bits per heavy atom. The highest BCUT2D eigenvalue weighted by molar-refractivity contribution is 6.36. The number of pyridine rings is 1. The van der Waals surface area contributed by atoms with Gasteiger partial charge in [-0.1, -0.05) is 54.1 Å². The van der Waals surface area contributed by atoms with E-state index in [1.54, 1.807) is 0 Å². The van der Waals surface area contributed by atoms with Crippen LogP contribution < -0.4 is 10.1 Å². The normalized spacial score (nSPS) is 12.6. The molecule has 190 valence electrons. The molecule has 2 aromatic heterocycles. The molecule has 0 saturated carbocycles. The van der Waals surface area contributed by atoms with Crippen molar-refractivity contribution in [3.63, 3.8) is 0 Å². The number of anilines is 1. The zero-order valence-corrected chi connectivity index (χ0v) is 21.8. The largest absolute Gasteiger partial charge is 0.490 e. The smallest absolute Gasteiger partial charge is 0.307 e. The number of fused-ring (bicyclic) bond motifs is 2. The molecule has 0 bridgehead atoms. The van der Waals surface area contributed by atoms with Gasteiger partial charge in [0.2, 0.25) is 0 Å². The summed E-state index contributed by atoms with van der Waals surface area (Å²) in [7, 11) is 0. The van der Waals surface area contributed by atoms with Gasteiger partial charge in [0.15, 0.2) is 0 Å². The Labute approximate surface area is 225 Å². The lowest BCUT2D eigenvalue weighted by Gasteiger charge is -2.23. The molecule has 0 fully saturated rings. The maximum Gasteiger partial charge on any atom is 0.307 e. The second-order valence-corrected chi connectivity index (χ2v) is 9.94. The Morgan fingerprint density at radius 3 is 2.66 bits per heavy atom. The van der Waals surface area contributed by atoms with E-state index in [1.807, 2.05) is 60.1 Å². The first-order valence-electron chi connectivity index (χ1n) is 12.5. The Morgan fingerprint density at radius 2 is 1.84 bits per heavy atom. The number of nitrogens with one attached hydrogen (secondary N) is 1. The molecule has 6 rings (SSSR count). The van der Waals surface area contributed by atoms with Gasteiger partial charge in [0.05, 0.1) is 28.3 Å². The number of carboxylic acids is 1. The molecular formula is C31H26ClN3O3. The van der Waals surface area contributed by atoms with Gasteiger partial charge < -0.3 is 15.2 Å². The Kier molecular flexibility index (Phi) is 6.04. The monoisotopic (exact) mass is 523 g/mol. The SMILES string of the molecule is Cc1ccccc1-c1cccc(-c2cc3c(-c4ccc5c(c4Cl)NCCO5)c(CC(=O)O)c(C)cn3n2)c1. The Hall–Kier alpha value is -4.29. The summed E-state index contributed by atoms with van der Waals surface area (Å²) in [4.78, 5) is 11.9. The molecule has 38 heavy (non-hydrogen) atoms. The molecule has 1 aliphatic heterocycles. The van der Waals surface area contributed by atoms with Gasteiger partial charge in [-0.05, 0) is 65.9 Å². The van der Waals surface area contributed by atoms with Crippen LogP contribution in [-0.2, 0) is 11.2 Å². The van der Waals surface area contributed by atoms with Crippen LogP contribution in [0.4, 0.5) is 5.69 Å². The average molecular weight is 524 g/mol. The van der Waals surface area contributed by atoms with E-state index in [9.17, 15) is 9.90 Å². The van der Waals surface area contributed by atoms with Gasteiger partial charge in [0.25, 0.3) is 0 Å². The van der Waals surface area contributed by atoms with Crippen LogP contribution in [-0.4, -0.2) is 33.8 Å². The number of carbonyl (C=O) groups is 1. The number of aliphatic carboxylic acids is 1. The lowest BCUT2D eigenvalue weighted by molar-refractivity contribution is -0.136. The number of benzene rings is 3. The van der Waals surface area contributed by atoms with E-state index in [0.29, 0.717) is 29.5 Å². The van der Waals surface area contributed by atoms with E-state index < -0.39 is 5.97 Å². The topological polar surface area (TPSA) is 75.9 Å². The first kappa shape index (κ1) is 24.1. The minimum absolute atomic E-state index is 0.127. The third-order valence-electron chi connectivity index (χ3n) is 7.06. The predicted molar refractivity (Wildman–Crippen MR) is 151 cm³/mol. The lowest BCUT2D eigenvalue weighted by Crippen LogP contribution is -2.18. The fourth-order valence-electron chi connectivity index (χ4n) is 5.23. The van der Waals surface area contributed by atoms with Crippen LogP contribution in [0.15, 0.2) is 72.9 Å². The number of aryl methyl sites for hydroxylation is 2. The minimum atomic E-state index is -0.903. The van der Waals surface area contributed by atoms with E-state index in [2.05, 4.69) is 36.5 Å². The molecule has 0 atom stereocenters. The number of ether oxygens (including phenoxy) is 1. The van der Waals surface area contributed by atoms with Crippen LogP contribution in [0.1, 0.15) is 16.7 Å². The number of rotatable bonds is 5. The summed E-state index contributed by atoms with van der Waals surface area (Å²) in [6.45, 7) is 5.23. The van der Waals surface area contributed by atoms with E-state index in [0.717, 1.165) is 44.7 Å². The van der Waals surface area contributed by atoms with Crippen LogP contribution in [0.5, 0.6) is 5.75 Å². The predicted octanol–water partition coefficient (Wildman–Crippen LogP) is 7.04. The van der Waals surface area contributed by atoms with Gasteiger partial charge in [-0.25, -0.2) is 4.52 Å². The lowest BCUT2D eigenvalue weighted by atomic mass is 9.93. The molecule has 0 spiro atoms. The van der Waals surface area contributed by atoms with Gasteiger partial charge >= 0.3 is 5.97 Å². The molecule has 0 radical (unpaired) electrons. The van der Waals surface area contributed by atoms with Crippen LogP contribution in [0.25, 0.3) is 39.0 Å². The van der Waals surface area contributed by atoms with E-state index in [1.165, 1.54) is 11.1 Å². The van der Waals surface area contributed by atoms with Crippen molar-refractivity contribution in [1.29, 1.82) is 0 Å². The first-order valence-corrected chi connectivity index (χ1v) is 12.9.